The first-order valence-corrected chi connectivity index (χ1v) is 7.23. The van der Waals surface area contributed by atoms with Crippen molar-refractivity contribution < 1.29 is 0 Å². The summed E-state index contributed by atoms with van der Waals surface area (Å²) in [4.78, 5) is 0. The Kier molecular flexibility index (Phi) is 3.97. The van der Waals surface area contributed by atoms with Gasteiger partial charge in [0.25, 0.3) is 0 Å². The summed E-state index contributed by atoms with van der Waals surface area (Å²) in [6.45, 7) is 2.16. The zero-order chi connectivity index (χ0) is 14.5. The van der Waals surface area contributed by atoms with Crippen molar-refractivity contribution in [2.75, 3.05) is 0 Å². The minimum Gasteiger partial charge on any atom is -0.0622 e. The smallest absolute Gasteiger partial charge is 0.0103 e. The van der Waals surface area contributed by atoms with Gasteiger partial charge in [0.15, 0.2) is 0 Å². The van der Waals surface area contributed by atoms with Gasteiger partial charge in [0.05, 0.1) is 0 Å². The Morgan fingerprint density at radius 3 is 1.90 bits per heavy atom. The lowest BCUT2D eigenvalue weighted by molar-refractivity contribution is 1.42. The minimum atomic E-state index is 1.22. The molecule has 21 heavy (non-hydrogen) atoms. The Morgan fingerprint density at radius 2 is 1.24 bits per heavy atom. The summed E-state index contributed by atoms with van der Waals surface area (Å²) in [6.07, 6.45) is 2.26. The summed E-state index contributed by atoms with van der Waals surface area (Å²) < 4.78 is 0. The third-order valence-corrected chi connectivity index (χ3v) is 3.63. The van der Waals surface area contributed by atoms with Crippen molar-refractivity contribution in [2.45, 2.75) is 6.92 Å². The van der Waals surface area contributed by atoms with E-state index < -0.39 is 0 Å². The normalized spacial score (nSPS) is 11.4. The van der Waals surface area contributed by atoms with E-state index in [-0.39, 0.29) is 0 Å². The summed E-state index contributed by atoms with van der Waals surface area (Å²) in [6, 6.07) is 29.6. The van der Waals surface area contributed by atoms with Crippen molar-refractivity contribution in [1.29, 1.82) is 0 Å². The van der Waals surface area contributed by atoms with Crippen molar-refractivity contribution in [3.05, 3.63) is 107 Å². The van der Waals surface area contributed by atoms with Crippen LogP contribution in [0.3, 0.4) is 0 Å². The van der Waals surface area contributed by atoms with Gasteiger partial charge in [0.2, 0.25) is 0 Å². The highest BCUT2D eigenvalue weighted by Crippen LogP contribution is 2.28. The van der Waals surface area contributed by atoms with Gasteiger partial charge in [-0.2, -0.15) is 0 Å². The Bertz CT molecular complexity index is 737. The van der Waals surface area contributed by atoms with Crippen LogP contribution in [0, 0.1) is 6.92 Å². The van der Waals surface area contributed by atoms with E-state index in [0.29, 0.717) is 0 Å². The fraction of sp³-hybridized carbons (Fsp3) is 0.0476. The molecule has 0 heteroatoms. The molecule has 0 fully saturated rings. The molecule has 0 amide bonds. The number of hydrogen-bond acceptors (Lipinski definition) is 0. The molecule has 0 aromatic heterocycles. The molecule has 0 bridgehead atoms. The van der Waals surface area contributed by atoms with Crippen LogP contribution in [0.15, 0.2) is 84.9 Å². The average molecular weight is 270 g/mol. The fourth-order valence-corrected chi connectivity index (χ4v) is 2.53. The molecule has 0 heterocycles. The number of benzene rings is 3. The number of aryl methyl sites for hydroxylation is 1. The van der Waals surface area contributed by atoms with Crippen molar-refractivity contribution in [3.8, 4) is 0 Å². The Morgan fingerprint density at radius 1 is 0.667 bits per heavy atom. The van der Waals surface area contributed by atoms with Crippen LogP contribution in [0.1, 0.15) is 22.3 Å². The third-order valence-electron chi connectivity index (χ3n) is 3.63. The zero-order valence-corrected chi connectivity index (χ0v) is 12.2. The highest BCUT2D eigenvalue weighted by molar-refractivity contribution is 5.92. The second-order valence-corrected chi connectivity index (χ2v) is 5.15. The standard InChI is InChI=1S/C21H18/c1-17-10-8-9-15-20(17)21(19-13-6-3-7-14-19)16-18-11-4-2-5-12-18/h2-16H,1H3/b21-16-. The summed E-state index contributed by atoms with van der Waals surface area (Å²) in [5.74, 6) is 0. The van der Waals surface area contributed by atoms with Gasteiger partial charge < -0.3 is 0 Å². The molecule has 0 saturated carbocycles. The summed E-state index contributed by atoms with van der Waals surface area (Å²) in [7, 11) is 0. The van der Waals surface area contributed by atoms with Crippen LogP contribution in [0.5, 0.6) is 0 Å². The van der Waals surface area contributed by atoms with Crippen LogP contribution < -0.4 is 0 Å². The predicted molar refractivity (Wildman–Crippen MR) is 91.0 cm³/mol. The van der Waals surface area contributed by atoms with Gasteiger partial charge in [-0.25, -0.2) is 0 Å². The Balaban J connectivity index is 2.17. The minimum absolute atomic E-state index is 1.22. The molecule has 0 radical (unpaired) electrons. The molecule has 3 aromatic carbocycles. The van der Waals surface area contributed by atoms with Gasteiger partial charge in [0, 0.05) is 0 Å². The second kappa shape index (κ2) is 6.23. The van der Waals surface area contributed by atoms with Gasteiger partial charge in [0.1, 0.15) is 0 Å². The lowest BCUT2D eigenvalue weighted by Gasteiger charge is -2.12. The van der Waals surface area contributed by atoms with E-state index >= 15 is 0 Å². The van der Waals surface area contributed by atoms with E-state index in [1.807, 2.05) is 6.07 Å². The zero-order valence-electron chi connectivity index (χ0n) is 12.2. The van der Waals surface area contributed by atoms with E-state index in [4.69, 9.17) is 0 Å². The first-order valence-electron chi connectivity index (χ1n) is 7.23. The van der Waals surface area contributed by atoms with Gasteiger partial charge in [-0.15, -0.1) is 0 Å². The largest absolute Gasteiger partial charge is 0.0622 e. The van der Waals surface area contributed by atoms with Crippen LogP contribution in [-0.4, -0.2) is 0 Å². The van der Waals surface area contributed by atoms with Crippen molar-refractivity contribution in [1.82, 2.24) is 0 Å². The van der Waals surface area contributed by atoms with E-state index in [2.05, 4.69) is 91.9 Å². The van der Waals surface area contributed by atoms with E-state index in [1.165, 1.54) is 27.8 Å². The SMILES string of the molecule is Cc1ccccc1/C(=C\c1ccccc1)c1ccccc1. The van der Waals surface area contributed by atoms with Crippen LogP contribution in [0.25, 0.3) is 11.6 Å². The maximum Gasteiger partial charge on any atom is -0.0103 e. The maximum absolute atomic E-state index is 2.26. The fourth-order valence-electron chi connectivity index (χ4n) is 2.53. The molecule has 0 saturated heterocycles. The van der Waals surface area contributed by atoms with Crippen molar-refractivity contribution >= 4 is 11.6 Å². The molecule has 0 aliphatic heterocycles. The van der Waals surface area contributed by atoms with Crippen LogP contribution >= 0.6 is 0 Å². The number of rotatable bonds is 3. The summed E-state index contributed by atoms with van der Waals surface area (Å²) in [5.41, 5.74) is 6.31. The first-order chi connectivity index (χ1) is 10.3. The van der Waals surface area contributed by atoms with Crippen molar-refractivity contribution in [2.24, 2.45) is 0 Å². The predicted octanol–water partition coefficient (Wildman–Crippen LogP) is 5.58. The monoisotopic (exact) mass is 270 g/mol. The molecule has 3 aromatic rings. The molecule has 0 nitrogen and oxygen atoms in total. The summed E-state index contributed by atoms with van der Waals surface area (Å²) in [5, 5.41) is 0. The van der Waals surface area contributed by atoms with Gasteiger partial charge >= 0.3 is 0 Å². The highest BCUT2D eigenvalue weighted by Gasteiger charge is 2.07. The van der Waals surface area contributed by atoms with Gasteiger partial charge in [-0.05, 0) is 40.8 Å². The number of hydrogen-bond donors (Lipinski definition) is 0. The molecule has 3 rings (SSSR count). The Labute approximate surface area is 126 Å². The second-order valence-electron chi connectivity index (χ2n) is 5.15. The van der Waals surface area contributed by atoms with E-state index in [0.717, 1.165) is 0 Å². The molecule has 0 N–H and O–H groups in total. The molecule has 0 aliphatic rings. The molecule has 0 atom stereocenters. The molecular weight excluding hydrogens is 252 g/mol. The average Bonchev–Trinajstić information content (AvgIpc) is 2.55. The third kappa shape index (κ3) is 3.11. The van der Waals surface area contributed by atoms with E-state index in [9.17, 15) is 0 Å². The quantitative estimate of drug-likeness (QED) is 0.545. The van der Waals surface area contributed by atoms with Crippen molar-refractivity contribution in [3.63, 3.8) is 0 Å². The van der Waals surface area contributed by atoms with E-state index in [1.54, 1.807) is 0 Å². The lowest BCUT2D eigenvalue weighted by Crippen LogP contribution is -1.91. The molecule has 0 unspecified atom stereocenters. The van der Waals surface area contributed by atoms with Crippen LogP contribution in [-0.2, 0) is 0 Å². The lowest BCUT2D eigenvalue weighted by atomic mass is 9.93. The highest BCUT2D eigenvalue weighted by atomic mass is 14.1. The van der Waals surface area contributed by atoms with Crippen LogP contribution in [0.2, 0.25) is 0 Å². The molecular formula is C21H18. The topological polar surface area (TPSA) is 0 Å². The van der Waals surface area contributed by atoms with Gasteiger partial charge in [-0.3, -0.25) is 0 Å². The molecule has 0 spiro atoms. The summed E-state index contributed by atoms with van der Waals surface area (Å²) >= 11 is 0. The maximum atomic E-state index is 2.26. The van der Waals surface area contributed by atoms with Crippen LogP contribution in [0.4, 0.5) is 0 Å². The Hall–Kier alpha value is -2.60. The molecule has 0 aliphatic carbocycles. The molecule has 102 valence electrons. The van der Waals surface area contributed by atoms with Gasteiger partial charge in [-0.1, -0.05) is 84.9 Å². The first kappa shape index (κ1) is 13.4.